The number of ether oxygens (including phenoxy) is 1. The number of halogens is 6. The molecule has 0 radical (unpaired) electrons. The van der Waals surface area contributed by atoms with Gasteiger partial charge in [-0.15, -0.1) is 0 Å². The van der Waals surface area contributed by atoms with E-state index in [0.29, 0.717) is 44.0 Å². The summed E-state index contributed by atoms with van der Waals surface area (Å²) in [6, 6.07) is 12.8. The number of anilines is 1. The lowest BCUT2D eigenvalue weighted by Crippen LogP contribution is -2.57. The number of carbonyl (C=O) groups is 2. The van der Waals surface area contributed by atoms with E-state index in [0.717, 1.165) is 5.69 Å². The summed E-state index contributed by atoms with van der Waals surface area (Å²) in [6.07, 6.45) is -13.3. The summed E-state index contributed by atoms with van der Waals surface area (Å²) in [7, 11) is 0. The van der Waals surface area contributed by atoms with Crippen LogP contribution in [0.15, 0.2) is 48.5 Å². The van der Waals surface area contributed by atoms with Crippen molar-refractivity contribution in [2.75, 3.05) is 44.2 Å². The molecule has 2 heterocycles. The molecule has 2 unspecified atom stereocenters. The van der Waals surface area contributed by atoms with Crippen LogP contribution in [-0.4, -0.2) is 90.2 Å². The van der Waals surface area contributed by atoms with Crippen molar-refractivity contribution in [3.63, 3.8) is 0 Å². The zero-order valence-corrected chi connectivity index (χ0v) is 25.5. The summed E-state index contributed by atoms with van der Waals surface area (Å²) >= 11 is 0. The van der Waals surface area contributed by atoms with Gasteiger partial charge in [-0.2, -0.15) is 26.3 Å². The molecule has 2 aliphatic rings. The van der Waals surface area contributed by atoms with Gasteiger partial charge in [0.05, 0.1) is 6.10 Å². The third-order valence-corrected chi connectivity index (χ3v) is 8.46. The summed E-state index contributed by atoms with van der Waals surface area (Å²) in [5.41, 5.74) is -4.37. The molecule has 2 aliphatic heterocycles. The third-order valence-electron chi connectivity index (χ3n) is 8.46. The molecule has 0 spiro atoms. The molecule has 8 nitrogen and oxygen atoms in total. The fourth-order valence-electron chi connectivity index (χ4n) is 5.67. The first kappa shape index (κ1) is 34.4. The van der Waals surface area contributed by atoms with Gasteiger partial charge in [0.2, 0.25) is 0 Å². The molecular formula is C31H38F6N4O4. The first-order valence-electron chi connectivity index (χ1n) is 14.7. The molecule has 2 saturated heterocycles. The van der Waals surface area contributed by atoms with Crippen LogP contribution in [-0.2, 0) is 10.3 Å². The second-order valence-corrected chi connectivity index (χ2v) is 12.1. The third kappa shape index (κ3) is 7.16. The lowest BCUT2D eigenvalue weighted by molar-refractivity contribution is -0.370. The van der Waals surface area contributed by atoms with E-state index in [1.54, 1.807) is 43.3 Å². The Morgan fingerprint density at radius 3 is 1.93 bits per heavy atom. The molecule has 2 fully saturated rings. The van der Waals surface area contributed by atoms with Crippen LogP contribution in [0.25, 0.3) is 0 Å². The molecule has 2 atom stereocenters. The standard InChI is InChI=1S/C31H38F6N4O4/c1-20(2)45-25-11-7-23(8-12-25)28(4)26(42)41(27(43)38-28)18-15-39-13-16-40(17-14-39)24-9-5-22(6-10-24)21(3)19-29(44,30(32,33)34)31(35,36)37/h5-12,20-21,44H,13-19H2,1-4H3,(H,38,43). The van der Waals surface area contributed by atoms with E-state index in [1.807, 2.05) is 18.7 Å². The van der Waals surface area contributed by atoms with Crippen LogP contribution in [0, 0.1) is 0 Å². The van der Waals surface area contributed by atoms with Crippen LogP contribution in [0.4, 0.5) is 36.8 Å². The minimum atomic E-state index is -5.86. The molecule has 248 valence electrons. The summed E-state index contributed by atoms with van der Waals surface area (Å²) in [6.45, 7) is 9.75. The highest BCUT2D eigenvalue weighted by atomic mass is 19.4. The van der Waals surface area contributed by atoms with Gasteiger partial charge in [0.1, 0.15) is 11.3 Å². The molecule has 4 rings (SSSR count). The average molecular weight is 645 g/mol. The van der Waals surface area contributed by atoms with Gasteiger partial charge >= 0.3 is 18.4 Å². The number of benzene rings is 2. The van der Waals surface area contributed by atoms with Crippen LogP contribution in [0.3, 0.4) is 0 Å². The van der Waals surface area contributed by atoms with Crippen LogP contribution < -0.4 is 15.0 Å². The van der Waals surface area contributed by atoms with Crippen LogP contribution in [0.5, 0.6) is 5.75 Å². The Labute approximate surface area is 257 Å². The second kappa shape index (κ2) is 12.7. The number of rotatable bonds is 10. The van der Waals surface area contributed by atoms with E-state index >= 15 is 0 Å². The monoisotopic (exact) mass is 644 g/mol. The summed E-state index contributed by atoms with van der Waals surface area (Å²) < 4.78 is 84.4. The lowest BCUT2D eigenvalue weighted by Gasteiger charge is -2.37. The first-order valence-corrected chi connectivity index (χ1v) is 14.7. The van der Waals surface area contributed by atoms with Crippen molar-refractivity contribution >= 4 is 17.6 Å². The van der Waals surface area contributed by atoms with Gasteiger partial charge < -0.3 is 20.1 Å². The molecule has 0 saturated carbocycles. The predicted octanol–water partition coefficient (Wildman–Crippen LogP) is 5.41. The lowest BCUT2D eigenvalue weighted by atomic mass is 9.86. The van der Waals surface area contributed by atoms with E-state index in [4.69, 9.17) is 4.74 Å². The number of hydrogen-bond donors (Lipinski definition) is 2. The van der Waals surface area contributed by atoms with Gasteiger partial charge in [0, 0.05) is 51.4 Å². The maximum absolute atomic E-state index is 13.3. The van der Waals surface area contributed by atoms with Crippen molar-refractivity contribution in [2.45, 2.75) is 69.6 Å². The Hall–Kier alpha value is -3.52. The molecule has 0 bridgehead atoms. The molecule has 0 aromatic heterocycles. The number of hydrogen-bond acceptors (Lipinski definition) is 6. The predicted molar refractivity (Wildman–Crippen MR) is 155 cm³/mol. The Kier molecular flexibility index (Phi) is 9.70. The van der Waals surface area contributed by atoms with Gasteiger partial charge in [-0.1, -0.05) is 31.2 Å². The number of carbonyl (C=O) groups excluding carboxylic acids is 2. The van der Waals surface area contributed by atoms with Crippen LogP contribution >= 0.6 is 0 Å². The number of nitrogens with one attached hydrogen (secondary N) is 1. The highest BCUT2D eigenvalue weighted by Crippen LogP contribution is 2.48. The largest absolute Gasteiger partial charge is 0.491 e. The van der Waals surface area contributed by atoms with E-state index in [9.17, 15) is 41.0 Å². The number of piperazine rings is 1. The molecular weight excluding hydrogens is 606 g/mol. The van der Waals surface area contributed by atoms with E-state index in [2.05, 4.69) is 10.2 Å². The molecule has 45 heavy (non-hydrogen) atoms. The normalized spacial score (nSPS) is 21.0. The van der Waals surface area contributed by atoms with Crippen molar-refractivity contribution in [1.29, 1.82) is 0 Å². The van der Waals surface area contributed by atoms with Crippen LogP contribution in [0.2, 0.25) is 0 Å². The molecule has 14 heteroatoms. The van der Waals surface area contributed by atoms with Crippen LogP contribution in [0.1, 0.15) is 51.2 Å². The minimum Gasteiger partial charge on any atom is -0.491 e. The average Bonchev–Trinajstić information content (AvgIpc) is 3.18. The smallest absolute Gasteiger partial charge is 0.426 e. The van der Waals surface area contributed by atoms with E-state index in [1.165, 1.54) is 24.0 Å². The van der Waals surface area contributed by atoms with Crippen molar-refractivity contribution < 1.29 is 45.8 Å². The minimum absolute atomic E-state index is 0.000687. The number of nitrogens with zero attached hydrogens (tertiary/aromatic N) is 3. The second-order valence-electron chi connectivity index (χ2n) is 12.1. The SMILES string of the molecule is CC(C)Oc1ccc(C2(C)NC(=O)N(CCN3CCN(c4ccc(C(C)CC(O)(C(F)(F)F)C(F)(F)F)cc4)CC3)C2=O)cc1. The summed E-state index contributed by atoms with van der Waals surface area (Å²) in [4.78, 5) is 31.4. The Morgan fingerprint density at radius 2 is 1.42 bits per heavy atom. The van der Waals surface area contributed by atoms with Gasteiger partial charge in [-0.05, 0) is 62.1 Å². The van der Waals surface area contributed by atoms with E-state index < -0.39 is 41.9 Å². The van der Waals surface area contributed by atoms with Crippen molar-refractivity contribution in [3.8, 4) is 5.75 Å². The Balaban J connectivity index is 1.29. The quantitative estimate of drug-likeness (QED) is 0.266. The van der Waals surface area contributed by atoms with Crippen molar-refractivity contribution in [2.24, 2.45) is 0 Å². The molecule has 2 aromatic carbocycles. The molecule has 0 aliphatic carbocycles. The molecule has 2 aromatic rings. The summed E-state index contributed by atoms with van der Waals surface area (Å²) in [5.74, 6) is -0.896. The number of urea groups is 1. The van der Waals surface area contributed by atoms with Crippen molar-refractivity contribution in [3.05, 3.63) is 59.7 Å². The fourth-order valence-corrected chi connectivity index (χ4v) is 5.67. The molecule has 2 N–H and O–H groups in total. The summed E-state index contributed by atoms with van der Waals surface area (Å²) in [5, 5.41) is 12.3. The highest BCUT2D eigenvalue weighted by molar-refractivity contribution is 6.07. The van der Waals surface area contributed by atoms with Gasteiger partial charge in [-0.3, -0.25) is 14.6 Å². The maximum Gasteiger partial charge on any atom is 0.426 e. The number of alkyl halides is 6. The highest BCUT2D eigenvalue weighted by Gasteiger charge is 2.70. The van der Waals surface area contributed by atoms with E-state index in [-0.39, 0.29) is 24.1 Å². The number of imide groups is 1. The zero-order valence-electron chi connectivity index (χ0n) is 25.5. The Morgan fingerprint density at radius 1 is 0.867 bits per heavy atom. The van der Waals surface area contributed by atoms with Crippen molar-refractivity contribution in [1.82, 2.24) is 15.1 Å². The first-order chi connectivity index (χ1) is 20.9. The Bertz CT molecular complexity index is 1330. The van der Waals surface area contributed by atoms with Gasteiger partial charge in [0.25, 0.3) is 11.5 Å². The fraction of sp³-hybridized carbons (Fsp3) is 0.548. The number of aliphatic hydroxyl groups is 1. The number of amides is 3. The zero-order chi connectivity index (χ0) is 33.4. The van der Waals surface area contributed by atoms with Gasteiger partial charge in [0.15, 0.2) is 0 Å². The molecule has 3 amide bonds. The maximum atomic E-state index is 13.3. The van der Waals surface area contributed by atoms with Gasteiger partial charge in [-0.25, -0.2) is 4.79 Å². The topological polar surface area (TPSA) is 85.3 Å².